The van der Waals surface area contributed by atoms with Gasteiger partial charge in [0.15, 0.2) is 0 Å². The molecule has 3 rings (SSSR count). The molecule has 0 aromatic heterocycles. The van der Waals surface area contributed by atoms with E-state index in [4.69, 9.17) is 4.74 Å². The highest BCUT2D eigenvalue weighted by Crippen LogP contribution is 2.48. The minimum absolute atomic E-state index is 0. The van der Waals surface area contributed by atoms with E-state index < -0.39 is 0 Å². The van der Waals surface area contributed by atoms with Gasteiger partial charge in [-0.25, -0.2) is 4.79 Å². The molecule has 152 valence electrons. The van der Waals surface area contributed by atoms with Crippen LogP contribution >= 0.6 is 0 Å². The van der Waals surface area contributed by atoms with Crippen LogP contribution in [0.1, 0.15) is 78.4 Å². The molecule has 4 nitrogen and oxygen atoms in total. The van der Waals surface area contributed by atoms with E-state index in [-0.39, 0.29) is 19.0 Å². The highest BCUT2D eigenvalue weighted by molar-refractivity contribution is 5.68. The summed E-state index contributed by atoms with van der Waals surface area (Å²) in [7, 11) is 0. The summed E-state index contributed by atoms with van der Waals surface area (Å²) in [6.45, 7) is 12.8. The molecule has 1 heterocycles. The van der Waals surface area contributed by atoms with Gasteiger partial charge in [-0.2, -0.15) is 0 Å². The van der Waals surface area contributed by atoms with Crippen LogP contribution in [0.25, 0.3) is 0 Å². The van der Waals surface area contributed by atoms with Crippen molar-refractivity contribution in [1.82, 2.24) is 10.2 Å². The normalized spacial score (nSPS) is 22.3. The molecule has 4 heteroatoms. The molecule has 0 bridgehead atoms. The standard InChI is InChI=1S/C23H36N2O2.H2/c1-5-27-21(26)24-20-10-11-23(19-9-7-6-8-18(19)20)13-16-25(17-14-23)15-12-22(2,3)4;/h6-9,20H,5,10-17H2,1-4H3,(H,24,26);1H/t20-;/m0./s1. The number of nitrogens with one attached hydrogen (secondary N) is 1. The van der Waals surface area contributed by atoms with Gasteiger partial charge in [-0.1, -0.05) is 45.0 Å². The van der Waals surface area contributed by atoms with Crippen molar-refractivity contribution in [2.75, 3.05) is 26.2 Å². The lowest BCUT2D eigenvalue weighted by Gasteiger charge is -2.47. The molecule has 0 unspecified atom stereocenters. The third kappa shape index (κ3) is 4.84. The van der Waals surface area contributed by atoms with Crippen molar-refractivity contribution < 1.29 is 11.0 Å². The monoisotopic (exact) mass is 374 g/mol. The topological polar surface area (TPSA) is 41.6 Å². The molecule has 1 amide bonds. The summed E-state index contributed by atoms with van der Waals surface area (Å²) in [5.74, 6) is 0. The summed E-state index contributed by atoms with van der Waals surface area (Å²) in [5.41, 5.74) is 3.42. The molecule has 1 atom stereocenters. The van der Waals surface area contributed by atoms with Gasteiger partial charge < -0.3 is 15.0 Å². The van der Waals surface area contributed by atoms with Crippen LogP contribution in [0.15, 0.2) is 24.3 Å². The second kappa shape index (κ2) is 8.22. The molecule has 0 saturated carbocycles. The maximum absolute atomic E-state index is 11.9. The first-order valence-electron chi connectivity index (χ1n) is 10.6. The van der Waals surface area contributed by atoms with Crippen molar-refractivity contribution in [2.45, 2.75) is 71.3 Å². The van der Waals surface area contributed by atoms with Crippen molar-refractivity contribution >= 4 is 6.09 Å². The summed E-state index contributed by atoms with van der Waals surface area (Å²) < 4.78 is 5.11. The molecule has 1 aromatic rings. The highest BCUT2D eigenvalue weighted by atomic mass is 16.5. The van der Waals surface area contributed by atoms with Gasteiger partial charge >= 0.3 is 6.09 Å². The Morgan fingerprint density at radius 1 is 1.26 bits per heavy atom. The second-order valence-electron chi connectivity index (χ2n) is 9.48. The first kappa shape index (κ1) is 20.2. The zero-order valence-corrected chi connectivity index (χ0v) is 17.5. The predicted octanol–water partition coefficient (Wildman–Crippen LogP) is 5.28. The van der Waals surface area contributed by atoms with E-state index >= 15 is 0 Å². The van der Waals surface area contributed by atoms with Crippen molar-refractivity contribution in [3.63, 3.8) is 0 Å². The van der Waals surface area contributed by atoms with Crippen LogP contribution in [-0.2, 0) is 10.2 Å². The smallest absolute Gasteiger partial charge is 0.407 e. The third-order valence-electron chi connectivity index (χ3n) is 6.38. The fourth-order valence-electron chi connectivity index (χ4n) is 4.68. The molecule has 27 heavy (non-hydrogen) atoms. The van der Waals surface area contributed by atoms with E-state index in [1.807, 2.05) is 6.92 Å². The van der Waals surface area contributed by atoms with Crippen LogP contribution in [0.2, 0.25) is 0 Å². The summed E-state index contributed by atoms with van der Waals surface area (Å²) in [5, 5.41) is 3.07. The van der Waals surface area contributed by atoms with Gasteiger partial charge in [0.1, 0.15) is 0 Å². The van der Waals surface area contributed by atoms with Crippen LogP contribution in [0.4, 0.5) is 4.79 Å². The predicted molar refractivity (Wildman–Crippen MR) is 112 cm³/mol. The number of rotatable bonds is 4. The Hall–Kier alpha value is -1.55. The van der Waals surface area contributed by atoms with Crippen LogP contribution in [0, 0.1) is 5.41 Å². The zero-order chi connectivity index (χ0) is 19.5. The molecule has 1 aliphatic carbocycles. The van der Waals surface area contributed by atoms with Crippen molar-refractivity contribution in [3.05, 3.63) is 35.4 Å². The quantitative estimate of drug-likeness (QED) is 0.779. The summed E-state index contributed by atoms with van der Waals surface area (Å²) >= 11 is 0. The lowest BCUT2D eigenvalue weighted by molar-refractivity contribution is 0.122. The van der Waals surface area contributed by atoms with Crippen LogP contribution < -0.4 is 5.32 Å². The number of hydrogen-bond donors (Lipinski definition) is 1. The summed E-state index contributed by atoms with van der Waals surface area (Å²) in [6.07, 6.45) is 5.54. The minimum atomic E-state index is -0.301. The molecular weight excluding hydrogens is 336 g/mol. The number of benzene rings is 1. The van der Waals surface area contributed by atoms with E-state index in [2.05, 4.69) is 55.3 Å². The number of carbonyl (C=O) groups is 1. The van der Waals surface area contributed by atoms with Crippen molar-refractivity contribution in [1.29, 1.82) is 0 Å². The molecule has 1 aliphatic heterocycles. The van der Waals surface area contributed by atoms with E-state index in [1.54, 1.807) is 0 Å². The van der Waals surface area contributed by atoms with Gasteiger partial charge in [-0.05, 0) is 80.6 Å². The number of alkyl carbamates (subject to hydrolysis) is 1. The number of fused-ring (bicyclic) bond motifs is 2. The molecule has 1 aromatic carbocycles. The summed E-state index contributed by atoms with van der Waals surface area (Å²) in [4.78, 5) is 14.6. The summed E-state index contributed by atoms with van der Waals surface area (Å²) in [6, 6.07) is 8.80. The van der Waals surface area contributed by atoms with E-state index in [9.17, 15) is 4.79 Å². The number of hydrogen-bond acceptors (Lipinski definition) is 3. The minimum Gasteiger partial charge on any atom is -0.450 e. The van der Waals surface area contributed by atoms with Gasteiger partial charge in [-0.15, -0.1) is 0 Å². The molecule has 1 fully saturated rings. The van der Waals surface area contributed by atoms with E-state index in [1.165, 1.54) is 50.0 Å². The Labute approximate surface area is 166 Å². The van der Waals surface area contributed by atoms with Gasteiger partial charge in [0, 0.05) is 1.43 Å². The Balaban J connectivity index is 0.00000280. The van der Waals surface area contributed by atoms with E-state index in [0.29, 0.717) is 12.0 Å². The first-order valence-corrected chi connectivity index (χ1v) is 10.6. The molecule has 1 N–H and O–H groups in total. The van der Waals surface area contributed by atoms with Gasteiger partial charge in [0.2, 0.25) is 0 Å². The number of likely N-dealkylation sites (tertiary alicyclic amines) is 1. The van der Waals surface area contributed by atoms with Crippen LogP contribution in [0.5, 0.6) is 0 Å². The average Bonchev–Trinajstić information content (AvgIpc) is 2.64. The Kier molecular flexibility index (Phi) is 6.15. The molecule has 1 spiro atoms. The third-order valence-corrected chi connectivity index (χ3v) is 6.38. The van der Waals surface area contributed by atoms with Crippen LogP contribution in [-0.4, -0.2) is 37.2 Å². The second-order valence-corrected chi connectivity index (χ2v) is 9.48. The number of carbonyl (C=O) groups excluding carboxylic acids is 1. The number of nitrogens with zero attached hydrogens (tertiary/aromatic N) is 1. The maximum atomic E-state index is 11.9. The maximum Gasteiger partial charge on any atom is 0.407 e. The first-order chi connectivity index (χ1) is 12.8. The molecular formula is C23H38N2O2. The van der Waals surface area contributed by atoms with Gasteiger partial charge in [0.05, 0.1) is 12.6 Å². The average molecular weight is 375 g/mol. The lowest BCUT2D eigenvalue weighted by atomic mass is 9.63. The largest absolute Gasteiger partial charge is 0.450 e. The number of amides is 1. The Morgan fingerprint density at radius 2 is 1.96 bits per heavy atom. The molecule has 1 saturated heterocycles. The Bertz CT molecular complexity index is 648. The fourth-order valence-corrected chi connectivity index (χ4v) is 4.68. The van der Waals surface area contributed by atoms with Gasteiger partial charge in [0.25, 0.3) is 0 Å². The molecule has 0 radical (unpaired) electrons. The van der Waals surface area contributed by atoms with Crippen LogP contribution in [0.3, 0.4) is 0 Å². The molecule has 2 aliphatic rings. The fraction of sp³-hybridized carbons (Fsp3) is 0.696. The highest BCUT2D eigenvalue weighted by Gasteiger charge is 2.42. The zero-order valence-electron chi connectivity index (χ0n) is 17.5. The SMILES string of the molecule is CCOC(=O)N[C@H]1CCC2(CCN(CCC(C)(C)C)CC2)c2ccccc21.[HH]. The van der Waals surface area contributed by atoms with E-state index in [0.717, 1.165) is 12.8 Å². The van der Waals surface area contributed by atoms with Crippen molar-refractivity contribution in [2.24, 2.45) is 5.41 Å². The Morgan fingerprint density at radius 3 is 2.63 bits per heavy atom. The van der Waals surface area contributed by atoms with Gasteiger partial charge in [-0.3, -0.25) is 0 Å². The van der Waals surface area contributed by atoms with Crippen molar-refractivity contribution in [3.8, 4) is 0 Å². The lowest BCUT2D eigenvalue weighted by Crippen LogP contribution is -2.46. The number of ether oxygens (including phenoxy) is 1. The number of piperidine rings is 1.